The number of nitrogens with one attached hydrogen (secondary N) is 2. The highest BCUT2D eigenvalue weighted by Crippen LogP contribution is 2.37. The molecule has 34 heavy (non-hydrogen) atoms. The first kappa shape index (κ1) is 25.0. The van der Waals surface area contributed by atoms with Crippen molar-refractivity contribution in [3.05, 3.63) is 59.7 Å². The second kappa shape index (κ2) is 10.1. The Morgan fingerprint density at radius 1 is 0.647 bits per heavy atom. The van der Waals surface area contributed by atoms with Crippen molar-refractivity contribution >= 4 is 35.0 Å². The predicted octanol–water partition coefficient (Wildman–Crippen LogP) is 2.71. The van der Waals surface area contributed by atoms with Crippen LogP contribution in [0.2, 0.25) is 0 Å². The Morgan fingerprint density at radius 3 is 1.24 bits per heavy atom. The number of carbonyl (C=O) groups excluding carboxylic acids is 4. The Labute approximate surface area is 199 Å². The summed E-state index contributed by atoms with van der Waals surface area (Å²) in [4.78, 5) is 46.6. The molecule has 2 aliphatic rings. The van der Waals surface area contributed by atoms with Gasteiger partial charge in [-0.25, -0.2) is 0 Å². The van der Waals surface area contributed by atoms with Gasteiger partial charge in [-0.05, 0) is 61.1 Å². The second-order valence-corrected chi connectivity index (χ2v) is 8.87. The maximum atomic E-state index is 12.1. The minimum absolute atomic E-state index is 0.186. The number of hydrogen-bond donors (Lipinski definition) is 4. The van der Waals surface area contributed by atoms with Gasteiger partial charge in [0.2, 0.25) is 23.6 Å². The summed E-state index contributed by atoms with van der Waals surface area (Å²) in [6, 6.07) is 14.6. The number of nitrogen functional groups attached to an aromatic ring is 2. The molecule has 0 spiro atoms. The van der Waals surface area contributed by atoms with Crippen LogP contribution in [0.25, 0.3) is 0 Å². The van der Waals surface area contributed by atoms with E-state index < -0.39 is 10.8 Å². The van der Waals surface area contributed by atoms with E-state index in [4.69, 9.17) is 11.5 Å². The number of imide groups is 2. The van der Waals surface area contributed by atoms with Crippen molar-refractivity contribution in [1.82, 2.24) is 10.6 Å². The molecule has 2 fully saturated rings. The van der Waals surface area contributed by atoms with Gasteiger partial charge in [0.05, 0.1) is 10.8 Å². The zero-order chi connectivity index (χ0) is 24.9. The van der Waals surface area contributed by atoms with Gasteiger partial charge in [0, 0.05) is 24.2 Å². The average molecular weight is 465 g/mol. The summed E-state index contributed by atoms with van der Waals surface area (Å²) in [5, 5.41) is 4.85. The molecule has 0 aromatic heterocycles. The van der Waals surface area contributed by atoms with E-state index in [2.05, 4.69) is 10.6 Å². The first-order valence-corrected chi connectivity index (χ1v) is 11.6. The molecular weight excluding hydrogens is 432 g/mol. The molecule has 6 N–H and O–H groups in total. The molecular formula is C26H32N4O4. The molecule has 2 atom stereocenters. The fraction of sp³-hybridized carbons (Fsp3) is 0.385. The molecule has 0 radical (unpaired) electrons. The molecule has 2 aromatic rings. The molecule has 2 heterocycles. The quantitative estimate of drug-likeness (QED) is 0.404. The molecule has 0 saturated carbocycles. The number of rotatable bonds is 4. The van der Waals surface area contributed by atoms with Gasteiger partial charge >= 0.3 is 0 Å². The third kappa shape index (κ3) is 4.81. The van der Waals surface area contributed by atoms with Gasteiger partial charge < -0.3 is 11.5 Å². The van der Waals surface area contributed by atoms with Gasteiger partial charge in [-0.1, -0.05) is 38.1 Å². The highest BCUT2D eigenvalue weighted by atomic mass is 16.2. The van der Waals surface area contributed by atoms with E-state index in [-0.39, 0.29) is 23.6 Å². The number of benzene rings is 2. The lowest BCUT2D eigenvalue weighted by Crippen LogP contribution is -2.51. The first-order chi connectivity index (χ1) is 16.2. The summed E-state index contributed by atoms with van der Waals surface area (Å²) in [5.41, 5.74) is 13.3. The van der Waals surface area contributed by atoms with E-state index in [9.17, 15) is 19.2 Å². The molecule has 0 aliphatic carbocycles. The van der Waals surface area contributed by atoms with E-state index in [1.165, 1.54) is 0 Å². The summed E-state index contributed by atoms with van der Waals surface area (Å²) >= 11 is 0. The zero-order valence-corrected chi connectivity index (χ0v) is 19.6. The van der Waals surface area contributed by atoms with Crippen LogP contribution in [0.4, 0.5) is 11.4 Å². The molecule has 8 heteroatoms. The van der Waals surface area contributed by atoms with E-state index >= 15 is 0 Å². The fourth-order valence-electron chi connectivity index (χ4n) is 4.74. The van der Waals surface area contributed by atoms with Crippen molar-refractivity contribution in [2.75, 3.05) is 11.5 Å². The van der Waals surface area contributed by atoms with Crippen LogP contribution >= 0.6 is 0 Å². The molecule has 2 unspecified atom stereocenters. The molecule has 0 bridgehead atoms. The minimum atomic E-state index is -0.582. The topological polar surface area (TPSA) is 144 Å². The highest BCUT2D eigenvalue weighted by molar-refractivity contribution is 6.04. The summed E-state index contributed by atoms with van der Waals surface area (Å²) < 4.78 is 0. The van der Waals surface area contributed by atoms with Gasteiger partial charge in [-0.3, -0.25) is 29.8 Å². The molecule has 4 amide bonds. The number of nitrogens with two attached hydrogens (primary N) is 2. The largest absolute Gasteiger partial charge is 0.399 e. The molecule has 180 valence electrons. The van der Waals surface area contributed by atoms with Gasteiger partial charge in [0.15, 0.2) is 0 Å². The molecule has 2 aromatic carbocycles. The van der Waals surface area contributed by atoms with Gasteiger partial charge in [0.25, 0.3) is 0 Å². The fourth-order valence-corrected chi connectivity index (χ4v) is 4.74. The van der Waals surface area contributed by atoms with E-state index in [1.807, 2.05) is 38.1 Å². The van der Waals surface area contributed by atoms with Crippen LogP contribution in [-0.4, -0.2) is 23.6 Å². The first-order valence-electron chi connectivity index (χ1n) is 11.6. The van der Waals surface area contributed by atoms with Crippen LogP contribution in [-0.2, 0) is 30.0 Å². The average Bonchev–Trinajstić information content (AvgIpc) is 2.82. The predicted molar refractivity (Wildman–Crippen MR) is 130 cm³/mol. The van der Waals surface area contributed by atoms with Crippen LogP contribution in [0.3, 0.4) is 0 Å². The number of piperidine rings is 2. The van der Waals surface area contributed by atoms with Crippen LogP contribution in [0.5, 0.6) is 0 Å². The van der Waals surface area contributed by atoms with E-state index in [0.717, 1.165) is 11.1 Å². The van der Waals surface area contributed by atoms with Crippen LogP contribution in [0.15, 0.2) is 48.5 Å². The van der Waals surface area contributed by atoms with Gasteiger partial charge in [0.1, 0.15) is 0 Å². The third-order valence-electron chi connectivity index (χ3n) is 7.07. The monoisotopic (exact) mass is 464 g/mol. The zero-order valence-electron chi connectivity index (χ0n) is 19.6. The number of anilines is 2. The number of carbonyl (C=O) groups is 4. The van der Waals surface area contributed by atoms with Crippen molar-refractivity contribution in [2.24, 2.45) is 0 Å². The maximum Gasteiger partial charge on any atom is 0.237 e. The standard InChI is InChI=1S/2C13H16N2O2/c2*1-2-13(8-7-11(16)15-12(13)17)9-3-5-10(14)6-4-9/h2*3-6H,2,7-8,14H2,1H3,(H,15,16,17). The Kier molecular flexibility index (Phi) is 7.39. The summed E-state index contributed by atoms with van der Waals surface area (Å²) in [5.74, 6) is -0.758. The van der Waals surface area contributed by atoms with E-state index in [1.54, 1.807) is 24.3 Å². The lowest BCUT2D eigenvalue weighted by atomic mass is 9.72. The Balaban J connectivity index is 0.000000191. The van der Waals surface area contributed by atoms with Crippen molar-refractivity contribution in [1.29, 1.82) is 0 Å². The Hall–Kier alpha value is -3.68. The van der Waals surface area contributed by atoms with Crippen molar-refractivity contribution in [2.45, 2.75) is 63.2 Å². The normalized spacial score (nSPS) is 24.5. The summed E-state index contributed by atoms with van der Waals surface area (Å²) in [7, 11) is 0. The summed E-state index contributed by atoms with van der Waals surface area (Å²) in [6.07, 6.45) is 3.27. The van der Waals surface area contributed by atoms with Crippen molar-refractivity contribution in [3.63, 3.8) is 0 Å². The van der Waals surface area contributed by atoms with Gasteiger partial charge in [-0.15, -0.1) is 0 Å². The smallest absolute Gasteiger partial charge is 0.237 e. The lowest BCUT2D eigenvalue weighted by Gasteiger charge is -2.34. The van der Waals surface area contributed by atoms with Crippen molar-refractivity contribution < 1.29 is 19.2 Å². The maximum absolute atomic E-state index is 12.1. The molecule has 2 saturated heterocycles. The van der Waals surface area contributed by atoms with Crippen molar-refractivity contribution in [3.8, 4) is 0 Å². The van der Waals surface area contributed by atoms with Crippen LogP contribution in [0, 0.1) is 0 Å². The third-order valence-corrected chi connectivity index (χ3v) is 7.07. The molecule has 2 aliphatic heterocycles. The lowest BCUT2D eigenvalue weighted by molar-refractivity contribution is -0.139. The highest BCUT2D eigenvalue weighted by Gasteiger charge is 2.43. The molecule has 4 rings (SSSR count). The van der Waals surface area contributed by atoms with Crippen LogP contribution < -0.4 is 22.1 Å². The summed E-state index contributed by atoms with van der Waals surface area (Å²) in [6.45, 7) is 3.93. The Bertz CT molecular complexity index is 993. The van der Waals surface area contributed by atoms with E-state index in [0.29, 0.717) is 49.9 Å². The Morgan fingerprint density at radius 2 is 0.971 bits per heavy atom. The number of amides is 4. The van der Waals surface area contributed by atoms with Crippen LogP contribution in [0.1, 0.15) is 63.5 Å². The molecule has 8 nitrogen and oxygen atoms in total. The second-order valence-electron chi connectivity index (χ2n) is 8.87. The minimum Gasteiger partial charge on any atom is -0.399 e. The van der Waals surface area contributed by atoms with Gasteiger partial charge in [-0.2, -0.15) is 0 Å². The SMILES string of the molecule is CCC1(c2ccc(N)cc2)CCC(=O)NC1=O.CCC1(c2ccc(N)cc2)CCC(=O)NC1=O. The number of hydrogen-bond acceptors (Lipinski definition) is 6.